The second-order valence-corrected chi connectivity index (χ2v) is 5.04. The van der Waals surface area contributed by atoms with Gasteiger partial charge in [0, 0.05) is 6.07 Å². The first-order valence-electron chi connectivity index (χ1n) is 5.83. The van der Waals surface area contributed by atoms with Gasteiger partial charge in [0.1, 0.15) is 16.4 Å². The largest absolute Gasteiger partial charge is 0.438 e. The van der Waals surface area contributed by atoms with Crippen molar-refractivity contribution in [2.24, 2.45) is 5.84 Å². The average Bonchev–Trinajstić information content (AvgIpc) is 2.91. The summed E-state index contributed by atoms with van der Waals surface area (Å²) in [6, 6.07) is 6.51. The van der Waals surface area contributed by atoms with Crippen LogP contribution in [0, 0.1) is 12.7 Å². The molecule has 0 aliphatic rings. The second-order valence-electron chi connectivity index (χ2n) is 4.15. The molecule has 0 aliphatic heterocycles. The van der Waals surface area contributed by atoms with Crippen molar-refractivity contribution >= 4 is 27.5 Å². The molecule has 0 aliphatic carbocycles. The van der Waals surface area contributed by atoms with Crippen molar-refractivity contribution in [2.75, 3.05) is 5.43 Å². The van der Waals surface area contributed by atoms with Crippen LogP contribution in [0.4, 0.5) is 10.3 Å². The minimum atomic E-state index is -0.324. The van der Waals surface area contributed by atoms with E-state index in [9.17, 15) is 4.39 Å². The van der Waals surface area contributed by atoms with Gasteiger partial charge in [0.25, 0.3) is 0 Å². The molecule has 1 aromatic carbocycles. The highest BCUT2D eigenvalue weighted by Crippen LogP contribution is 2.31. The van der Waals surface area contributed by atoms with Crippen LogP contribution in [-0.2, 0) is 0 Å². The number of anilines is 1. The Balaban J connectivity index is 2.04. The van der Waals surface area contributed by atoms with Gasteiger partial charge >= 0.3 is 0 Å². The van der Waals surface area contributed by atoms with Crippen molar-refractivity contribution in [1.82, 2.24) is 9.97 Å². The Kier molecular flexibility index (Phi) is 3.21. The van der Waals surface area contributed by atoms with Crippen molar-refractivity contribution in [3.63, 3.8) is 0 Å². The van der Waals surface area contributed by atoms with Crippen LogP contribution in [-0.4, -0.2) is 9.97 Å². The Hall–Kier alpha value is -2.25. The van der Waals surface area contributed by atoms with Gasteiger partial charge in [-0.05, 0) is 30.0 Å². The Morgan fingerprint density at radius 1 is 1.30 bits per heavy atom. The molecule has 2 aromatic heterocycles. The summed E-state index contributed by atoms with van der Waals surface area (Å²) in [5, 5.41) is 2.64. The molecule has 0 radical (unpaired) electrons. The quantitative estimate of drug-likeness (QED) is 0.572. The monoisotopic (exact) mass is 290 g/mol. The number of hydrazine groups is 1. The average molecular weight is 290 g/mol. The number of halogens is 1. The molecular weight excluding hydrogens is 279 g/mol. The summed E-state index contributed by atoms with van der Waals surface area (Å²) in [5.41, 5.74) is 2.95. The van der Waals surface area contributed by atoms with E-state index in [1.165, 1.54) is 17.4 Å². The Morgan fingerprint density at radius 3 is 2.90 bits per heavy atom. The molecule has 0 fully saturated rings. The van der Waals surface area contributed by atoms with Crippen molar-refractivity contribution in [3.8, 4) is 11.6 Å². The number of aryl methyl sites for hydroxylation is 1. The van der Waals surface area contributed by atoms with Gasteiger partial charge in [-0.15, -0.1) is 11.3 Å². The molecule has 2 heterocycles. The number of fused-ring (bicyclic) bond motifs is 1. The van der Waals surface area contributed by atoms with E-state index in [0.717, 1.165) is 10.2 Å². The number of nitrogen functional groups attached to an aromatic ring is 1. The first-order valence-corrected chi connectivity index (χ1v) is 6.71. The summed E-state index contributed by atoms with van der Waals surface area (Å²) < 4.78 is 19.2. The SMILES string of the molecule is Cc1ccc(Oc2nc(NN)nc3sccc23)cc1F. The Morgan fingerprint density at radius 2 is 2.15 bits per heavy atom. The topological polar surface area (TPSA) is 73.1 Å². The smallest absolute Gasteiger partial charge is 0.241 e. The van der Waals surface area contributed by atoms with E-state index in [-0.39, 0.29) is 11.8 Å². The van der Waals surface area contributed by atoms with Gasteiger partial charge in [0.15, 0.2) is 0 Å². The molecule has 0 spiro atoms. The van der Waals surface area contributed by atoms with Gasteiger partial charge < -0.3 is 4.74 Å². The number of nitrogens with two attached hydrogens (primary N) is 1. The number of nitrogens with one attached hydrogen (secondary N) is 1. The lowest BCUT2D eigenvalue weighted by atomic mass is 10.2. The molecule has 20 heavy (non-hydrogen) atoms. The first-order chi connectivity index (χ1) is 9.67. The third-order valence-corrected chi connectivity index (χ3v) is 3.58. The molecule has 0 amide bonds. The van der Waals surface area contributed by atoms with Crippen LogP contribution in [0.15, 0.2) is 29.6 Å². The van der Waals surface area contributed by atoms with E-state index in [1.807, 2.05) is 11.4 Å². The number of hydrogen-bond donors (Lipinski definition) is 2. The highest BCUT2D eigenvalue weighted by Gasteiger charge is 2.11. The number of hydrogen-bond acceptors (Lipinski definition) is 6. The lowest BCUT2D eigenvalue weighted by Crippen LogP contribution is -2.10. The zero-order chi connectivity index (χ0) is 14.1. The predicted octanol–water partition coefficient (Wildman–Crippen LogP) is 3.22. The molecule has 5 nitrogen and oxygen atoms in total. The fourth-order valence-corrected chi connectivity index (χ4v) is 2.47. The summed E-state index contributed by atoms with van der Waals surface area (Å²) in [6.07, 6.45) is 0. The zero-order valence-corrected chi connectivity index (χ0v) is 11.4. The van der Waals surface area contributed by atoms with E-state index >= 15 is 0 Å². The second kappa shape index (κ2) is 5.03. The van der Waals surface area contributed by atoms with Crippen molar-refractivity contribution in [2.45, 2.75) is 6.92 Å². The first kappa shape index (κ1) is 12.8. The van der Waals surface area contributed by atoms with Crippen molar-refractivity contribution < 1.29 is 9.13 Å². The number of thiophene rings is 1. The molecule has 0 bridgehead atoms. The molecule has 3 N–H and O–H groups in total. The molecule has 3 rings (SSSR count). The molecule has 102 valence electrons. The molecule has 3 aromatic rings. The Bertz CT molecular complexity index is 774. The summed E-state index contributed by atoms with van der Waals surface area (Å²) in [6.45, 7) is 1.69. The standard InChI is InChI=1S/C13H11FN4OS/c1-7-2-3-8(6-10(7)14)19-11-9-4-5-20-12(9)17-13(16-11)18-15/h2-6H,15H2,1H3,(H,16,17,18). The number of ether oxygens (including phenoxy) is 1. The van der Waals surface area contributed by atoms with Gasteiger partial charge in [-0.2, -0.15) is 4.98 Å². The summed E-state index contributed by atoms with van der Waals surface area (Å²) >= 11 is 1.45. The summed E-state index contributed by atoms with van der Waals surface area (Å²) in [4.78, 5) is 9.10. The number of aromatic nitrogens is 2. The van der Waals surface area contributed by atoms with E-state index in [2.05, 4.69) is 15.4 Å². The van der Waals surface area contributed by atoms with E-state index < -0.39 is 0 Å². The van der Waals surface area contributed by atoms with Crippen molar-refractivity contribution in [3.05, 3.63) is 41.0 Å². The maximum Gasteiger partial charge on any atom is 0.241 e. The van der Waals surface area contributed by atoms with Gasteiger partial charge in [-0.25, -0.2) is 15.2 Å². The molecule has 0 unspecified atom stereocenters. The van der Waals surface area contributed by atoms with E-state index in [1.54, 1.807) is 19.1 Å². The third kappa shape index (κ3) is 2.28. The molecule has 0 saturated heterocycles. The molecular formula is C13H11FN4OS. The van der Waals surface area contributed by atoms with Crippen LogP contribution in [0.2, 0.25) is 0 Å². The molecule has 7 heteroatoms. The fraction of sp³-hybridized carbons (Fsp3) is 0.0769. The van der Waals surface area contributed by atoms with Crippen LogP contribution in [0.3, 0.4) is 0 Å². The number of benzene rings is 1. The van der Waals surface area contributed by atoms with Crippen molar-refractivity contribution in [1.29, 1.82) is 0 Å². The summed E-state index contributed by atoms with van der Waals surface area (Å²) in [5.74, 6) is 5.98. The third-order valence-electron chi connectivity index (χ3n) is 2.78. The van der Waals surface area contributed by atoms with Gasteiger partial charge in [-0.1, -0.05) is 6.07 Å². The molecule has 0 atom stereocenters. The normalized spacial score (nSPS) is 10.8. The van der Waals surface area contributed by atoms with Gasteiger partial charge in [0.05, 0.1) is 5.39 Å². The minimum Gasteiger partial charge on any atom is -0.438 e. The minimum absolute atomic E-state index is 0.252. The highest BCUT2D eigenvalue weighted by atomic mass is 32.1. The van der Waals surface area contributed by atoms with Crippen LogP contribution < -0.4 is 16.0 Å². The lowest BCUT2D eigenvalue weighted by molar-refractivity contribution is 0.463. The Labute approximate surface area is 118 Å². The van der Waals surface area contributed by atoms with Crippen LogP contribution in [0.25, 0.3) is 10.2 Å². The number of nitrogens with zero attached hydrogens (tertiary/aromatic N) is 2. The van der Waals surface area contributed by atoms with Gasteiger partial charge in [-0.3, -0.25) is 5.43 Å². The molecule has 0 saturated carbocycles. The highest BCUT2D eigenvalue weighted by molar-refractivity contribution is 7.16. The fourth-order valence-electron chi connectivity index (χ4n) is 1.72. The van der Waals surface area contributed by atoms with E-state index in [0.29, 0.717) is 17.2 Å². The van der Waals surface area contributed by atoms with Crippen LogP contribution >= 0.6 is 11.3 Å². The van der Waals surface area contributed by atoms with E-state index in [4.69, 9.17) is 10.6 Å². The van der Waals surface area contributed by atoms with Crippen LogP contribution in [0.1, 0.15) is 5.56 Å². The van der Waals surface area contributed by atoms with Gasteiger partial charge in [0.2, 0.25) is 11.8 Å². The predicted molar refractivity (Wildman–Crippen MR) is 76.4 cm³/mol. The lowest BCUT2D eigenvalue weighted by Gasteiger charge is -2.08. The maximum atomic E-state index is 13.5. The maximum absolute atomic E-state index is 13.5. The number of rotatable bonds is 3. The summed E-state index contributed by atoms with van der Waals surface area (Å²) in [7, 11) is 0. The van der Waals surface area contributed by atoms with Crippen LogP contribution in [0.5, 0.6) is 11.6 Å². The zero-order valence-electron chi connectivity index (χ0n) is 10.6.